The Hall–Kier alpha value is -10.4. The van der Waals surface area contributed by atoms with E-state index >= 15 is 0 Å². The number of fused-ring (bicyclic) bond motifs is 4. The highest BCUT2D eigenvalue weighted by Gasteiger charge is 2.20. The van der Waals surface area contributed by atoms with Crippen molar-refractivity contribution in [1.29, 1.82) is 0 Å². The number of halogens is 2. The molecule has 0 aliphatic carbocycles. The second-order valence-electron chi connectivity index (χ2n) is 25.1. The largest absolute Gasteiger partial charge is 1.00 e. The molecule has 0 saturated heterocycles. The molecule has 4 N–H and O–H groups in total. The molecule has 16 rings (SSSR count). The molecule has 12 aromatic carbocycles. The molecule has 8 nitrogen and oxygen atoms in total. The molecule has 0 aliphatic rings. The third-order valence-electron chi connectivity index (χ3n) is 18.6. The van der Waals surface area contributed by atoms with Crippen molar-refractivity contribution in [2.75, 3.05) is 0 Å². The van der Waals surface area contributed by atoms with Gasteiger partial charge in [-0.1, -0.05) is 224 Å². The SMILES string of the molecule is C[n+]1cc2ccccc2cc1-c1cccc(-c2ccccc2)c1.Cc1c2cc(CO)c(CO)cc2cc(-c2cccc(-c3ccccc3)c2)[n+]1C.Cc1nc(-c2cccc(-c3ccccc3)c2)cc2cc(CO)c(CO)cc12.[I-].[I-].c1ccc(-c2cccc(-c3cc4ccccc4cn3)c2)cc1. The zero-order valence-electron chi connectivity index (χ0n) is 57.3. The lowest BCUT2D eigenvalue weighted by Gasteiger charge is -2.12. The second kappa shape index (κ2) is 34.3. The molecule has 0 unspecified atom stereocenters. The van der Waals surface area contributed by atoms with E-state index in [1.165, 1.54) is 71.7 Å². The van der Waals surface area contributed by atoms with Gasteiger partial charge in [-0.3, -0.25) is 9.97 Å². The number of aliphatic hydroxyl groups excluding tert-OH is 4. The van der Waals surface area contributed by atoms with E-state index in [9.17, 15) is 20.4 Å². The van der Waals surface area contributed by atoms with E-state index in [0.717, 1.165) is 94.5 Å². The number of aliphatic hydroxyl groups is 4. The number of hydrogen-bond acceptors (Lipinski definition) is 6. The van der Waals surface area contributed by atoms with Crippen LogP contribution in [0.3, 0.4) is 0 Å². The van der Waals surface area contributed by atoms with Gasteiger partial charge in [0.05, 0.1) is 37.8 Å². The highest BCUT2D eigenvalue weighted by molar-refractivity contribution is 5.91. The molecule has 4 aromatic heterocycles. The molecule has 10 heteroatoms. The van der Waals surface area contributed by atoms with E-state index in [2.05, 4.69) is 284 Å². The van der Waals surface area contributed by atoms with Crippen LogP contribution in [0.25, 0.3) is 133 Å². The summed E-state index contributed by atoms with van der Waals surface area (Å²) in [6.07, 6.45) is 4.14. The number of benzene rings is 12. The van der Waals surface area contributed by atoms with E-state index in [-0.39, 0.29) is 74.4 Å². The number of aromatic nitrogens is 4. The third-order valence-corrected chi connectivity index (χ3v) is 18.6. The summed E-state index contributed by atoms with van der Waals surface area (Å²) in [6.45, 7) is 3.73. The highest BCUT2D eigenvalue weighted by Crippen LogP contribution is 2.34. The molecule has 0 fully saturated rings. The van der Waals surface area contributed by atoms with Gasteiger partial charge in [-0.15, -0.1) is 0 Å². The van der Waals surface area contributed by atoms with Gasteiger partial charge in [0.1, 0.15) is 14.1 Å². The second-order valence-corrected chi connectivity index (χ2v) is 25.1. The number of nitrogens with zero attached hydrogens (tertiary/aromatic N) is 4. The van der Waals surface area contributed by atoms with Crippen molar-refractivity contribution in [2.24, 2.45) is 14.1 Å². The molecule has 102 heavy (non-hydrogen) atoms. The minimum absolute atomic E-state index is 0. The van der Waals surface area contributed by atoms with E-state index < -0.39 is 0 Å². The van der Waals surface area contributed by atoms with Gasteiger partial charge in [0.25, 0.3) is 0 Å². The molecule has 16 aromatic rings. The molecule has 504 valence electrons. The molecular formula is C92H78I2N4O4. The average Bonchev–Trinajstić information content (AvgIpc) is 0.788. The fourth-order valence-corrected chi connectivity index (χ4v) is 13.1. The topological polar surface area (TPSA) is 114 Å². The van der Waals surface area contributed by atoms with Crippen LogP contribution in [0.2, 0.25) is 0 Å². The van der Waals surface area contributed by atoms with Crippen molar-refractivity contribution in [1.82, 2.24) is 9.97 Å². The standard InChI is InChI=1S/C25H24NO2.C24H21NO2.C22H18N.C21H15N.2HI/c1-17-24-13-23(16-28)22(15-27)12-21(24)14-25(26(17)2)20-10-6-9-19(11-20)18-7-4-3-5-8-18;1-16-23-12-22(15-27)21(14-26)11-20(23)13-24(25-16)19-9-5-8-18(10-19)17-6-3-2-4-7-17;1-23-16-21-11-6-5-10-19(21)15-22(23)20-13-7-12-18(14-20)17-8-3-2-4-9-17;1-2-7-16(8-3-1)17-11-6-12-19(13-17)21-14-18-9-4-5-10-20(18)15-22-21;;/h3-14,27-28H,15-16H2,1-2H3;2-13,26-27H,14-15H2,1H3;2-16H,1H3;1-15H;2*1H/q+1;;+1;;;/p-2. The quantitative estimate of drug-likeness (QED) is 0.0716. The fraction of sp³-hybridized carbons (Fsp3) is 0.0870. The Labute approximate surface area is 630 Å². The molecule has 0 atom stereocenters. The number of pyridine rings is 4. The molecule has 4 heterocycles. The first-order valence-electron chi connectivity index (χ1n) is 33.7. The molecule has 0 saturated carbocycles. The summed E-state index contributed by atoms with van der Waals surface area (Å²) in [5.41, 5.74) is 23.5. The summed E-state index contributed by atoms with van der Waals surface area (Å²) in [4.78, 5) is 9.41. The lowest BCUT2D eigenvalue weighted by molar-refractivity contribution is -0.665. The fourth-order valence-electron chi connectivity index (χ4n) is 13.1. The van der Waals surface area contributed by atoms with Crippen LogP contribution in [-0.2, 0) is 40.5 Å². The third kappa shape index (κ3) is 16.8. The van der Waals surface area contributed by atoms with E-state index in [0.29, 0.717) is 0 Å². The summed E-state index contributed by atoms with van der Waals surface area (Å²) in [5.74, 6) is 0. The van der Waals surface area contributed by atoms with Crippen molar-refractivity contribution in [3.8, 4) is 89.5 Å². The van der Waals surface area contributed by atoms with Crippen LogP contribution in [0.15, 0.2) is 328 Å². The molecular weight excluding hydrogens is 1480 g/mol. The Kier molecular flexibility index (Phi) is 24.5. The van der Waals surface area contributed by atoms with Crippen LogP contribution in [0.5, 0.6) is 0 Å². The minimum Gasteiger partial charge on any atom is -1.00 e. The van der Waals surface area contributed by atoms with E-state index in [1.54, 1.807) is 0 Å². The van der Waals surface area contributed by atoms with Gasteiger partial charge in [-0.05, 0) is 174 Å². The maximum Gasteiger partial charge on any atom is 0.213 e. The Morgan fingerprint density at radius 1 is 0.284 bits per heavy atom. The van der Waals surface area contributed by atoms with Crippen molar-refractivity contribution < 1.29 is 77.5 Å². The summed E-state index contributed by atoms with van der Waals surface area (Å²) < 4.78 is 4.39. The van der Waals surface area contributed by atoms with Crippen LogP contribution in [-0.4, -0.2) is 30.4 Å². The maximum absolute atomic E-state index is 9.67. The number of hydrogen-bond donors (Lipinski definition) is 4. The van der Waals surface area contributed by atoms with Crippen molar-refractivity contribution in [3.05, 3.63) is 361 Å². The average molecular weight is 1560 g/mol. The van der Waals surface area contributed by atoms with Crippen LogP contribution < -0.4 is 57.1 Å². The Morgan fingerprint density at radius 2 is 0.618 bits per heavy atom. The Balaban J connectivity index is 0.000000136. The monoisotopic (exact) mass is 1560 g/mol. The van der Waals surface area contributed by atoms with Crippen molar-refractivity contribution in [2.45, 2.75) is 40.3 Å². The van der Waals surface area contributed by atoms with E-state index in [4.69, 9.17) is 4.98 Å². The van der Waals surface area contributed by atoms with Crippen LogP contribution >= 0.6 is 0 Å². The van der Waals surface area contributed by atoms with Gasteiger partial charge in [0.2, 0.25) is 11.4 Å². The molecule has 0 amide bonds. The highest BCUT2D eigenvalue weighted by atomic mass is 127. The van der Waals surface area contributed by atoms with Crippen molar-refractivity contribution >= 4 is 43.1 Å². The van der Waals surface area contributed by atoms with Crippen LogP contribution in [0.4, 0.5) is 0 Å². The van der Waals surface area contributed by atoms with Gasteiger partial charge in [-0.25, -0.2) is 4.57 Å². The zero-order chi connectivity index (χ0) is 68.9. The summed E-state index contributed by atoms with van der Waals surface area (Å²) >= 11 is 0. The minimum atomic E-state index is -0.0912. The Bertz CT molecular complexity index is 5550. The number of rotatable bonds is 12. The first kappa shape index (κ1) is 72.8. The predicted octanol–water partition coefficient (Wildman–Crippen LogP) is 13.7. The summed E-state index contributed by atoms with van der Waals surface area (Å²) in [6, 6.07) is 109. The Morgan fingerprint density at radius 3 is 1.09 bits per heavy atom. The molecule has 0 spiro atoms. The zero-order valence-corrected chi connectivity index (χ0v) is 61.7. The lowest BCUT2D eigenvalue weighted by Crippen LogP contribution is -3.00. The van der Waals surface area contributed by atoms with Gasteiger partial charge in [-0.2, -0.15) is 4.57 Å². The normalized spacial score (nSPS) is 10.7. The van der Waals surface area contributed by atoms with Gasteiger partial charge >= 0.3 is 0 Å². The van der Waals surface area contributed by atoms with Crippen molar-refractivity contribution in [3.63, 3.8) is 0 Å². The molecule has 0 bridgehead atoms. The maximum atomic E-state index is 9.67. The smallest absolute Gasteiger partial charge is 0.213 e. The number of aryl methyl sites for hydroxylation is 3. The lowest BCUT2D eigenvalue weighted by atomic mass is 9.97. The van der Waals surface area contributed by atoms with E-state index in [1.807, 2.05) is 85.9 Å². The predicted molar refractivity (Wildman–Crippen MR) is 410 cm³/mol. The first-order chi connectivity index (χ1) is 49.0. The molecule has 0 radical (unpaired) electrons. The van der Waals surface area contributed by atoms with Gasteiger partial charge < -0.3 is 68.4 Å². The summed E-state index contributed by atoms with van der Waals surface area (Å²) in [5, 5.41) is 47.5. The van der Waals surface area contributed by atoms with Crippen LogP contribution in [0.1, 0.15) is 33.6 Å². The molecule has 0 aliphatic heterocycles. The van der Waals surface area contributed by atoms with Gasteiger partial charge in [0.15, 0.2) is 11.9 Å². The summed E-state index contributed by atoms with van der Waals surface area (Å²) in [7, 11) is 4.18. The first-order valence-corrected chi connectivity index (χ1v) is 33.7. The van der Waals surface area contributed by atoms with Gasteiger partial charge in [0, 0.05) is 74.7 Å². The van der Waals surface area contributed by atoms with Crippen LogP contribution in [0, 0.1) is 13.8 Å².